The Bertz CT molecular complexity index is 1000. The van der Waals surface area contributed by atoms with E-state index in [4.69, 9.17) is 9.57 Å². The van der Waals surface area contributed by atoms with Crippen LogP contribution in [0.3, 0.4) is 0 Å². The van der Waals surface area contributed by atoms with E-state index in [1.807, 2.05) is 74.5 Å². The van der Waals surface area contributed by atoms with Crippen LogP contribution < -0.4 is 31.5 Å². The number of aromatic nitrogens is 5. The van der Waals surface area contributed by atoms with Gasteiger partial charge in [-0.2, -0.15) is 0 Å². The molecule has 2 heterocycles. The fraction of sp³-hybridized carbons (Fsp3) is 0.111. The number of benzene rings is 2. The first kappa shape index (κ1) is 19.0. The molecule has 0 amide bonds. The fourth-order valence-corrected chi connectivity index (χ4v) is 3.02. The number of tetrazole rings is 1. The molecule has 0 aliphatic heterocycles. The molecule has 4 aromatic rings. The third-order valence-corrected chi connectivity index (χ3v) is 4.62. The highest BCUT2D eigenvalue weighted by atomic mass is 79.9. The predicted molar refractivity (Wildman–Crippen MR) is 95.7 cm³/mol. The van der Waals surface area contributed by atoms with E-state index in [0.29, 0.717) is 16.6 Å². The van der Waals surface area contributed by atoms with Crippen LogP contribution in [0.15, 0.2) is 60.7 Å². The summed E-state index contributed by atoms with van der Waals surface area (Å²) in [6.45, 7) is 3.97. The van der Waals surface area contributed by atoms with Gasteiger partial charge in [-0.15, -0.1) is 0 Å². The lowest BCUT2D eigenvalue weighted by molar-refractivity contribution is -0.974. The zero-order chi connectivity index (χ0) is 17.9. The highest BCUT2D eigenvalue weighted by molar-refractivity contribution is 7.14. The second kappa shape index (κ2) is 8.28. The number of halogens is 1. The monoisotopic (exact) mass is 445 g/mol. The molecule has 27 heavy (non-hydrogen) atoms. The number of para-hydroxylation sites is 2. The van der Waals surface area contributed by atoms with Crippen molar-refractivity contribution in [1.82, 2.24) is 20.0 Å². The molecular weight excluding hydrogens is 430 g/mol. The minimum atomic E-state index is 0. The molecule has 9 heteroatoms. The molecule has 4 rings (SSSR count). The van der Waals surface area contributed by atoms with E-state index >= 15 is 0 Å². The van der Waals surface area contributed by atoms with Gasteiger partial charge in [0.05, 0.1) is 15.6 Å². The zero-order valence-corrected chi connectivity index (χ0v) is 17.0. The number of rotatable bonds is 5. The summed E-state index contributed by atoms with van der Waals surface area (Å²) in [5, 5.41) is 9.35. The molecule has 0 aliphatic rings. The van der Waals surface area contributed by atoms with Crippen molar-refractivity contribution in [2.24, 2.45) is 0 Å². The molecule has 0 bridgehead atoms. The number of aryl methyl sites for hydroxylation is 2. The van der Waals surface area contributed by atoms with Crippen LogP contribution in [-0.4, -0.2) is 20.0 Å². The van der Waals surface area contributed by atoms with Gasteiger partial charge in [0.2, 0.25) is 0 Å². The first-order valence-corrected chi connectivity index (χ1v) is 8.81. The fourth-order valence-electron chi connectivity index (χ4n) is 2.18. The van der Waals surface area contributed by atoms with Crippen molar-refractivity contribution < 1.29 is 31.5 Å². The number of thiazole rings is 1. The average molecular weight is 446 g/mol. The molecule has 0 unspecified atom stereocenters. The Morgan fingerprint density at radius 2 is 1.56 bits per heavy atom. The van der Waals surface area contributed by atoms with E-state index in [2.05, 4.69) is 15.2 Å². The Morgan fingerprint density at radius 1 is 0.926 bits per heavy atom. The maximum absolute atomic E-state index is 5.82. The summed E-state index contributed by atoms with van der Waals surface area (Å²) in [5.74, 6) is 1.27. The molecule has 0 radical (unpaired) electrons. The summed E-state index contributed by atoms with van der Waals surface area (Å²) in [7, 11) is 0. The van der Waals surface area contributed by atoms with Crippen molar-refractivity contribution in [3.63, 3.8) is 0 Å². The van der Waals surface area contributed by atoms with Gasteiger partial charge in [-0.25, -0.2) is 4.98 Å². The van der Waals surface area contributed by atoms with Gasteiger partial charge in [0.25, 0.3) is 5.13 Å². The first-order chi connectivity index (χ1) is 12.7. The predicted octanol–water partition coefficient (Wildman–Crippen LogP) is 0.267. The maximum Gasteiger partial charge on any atom is 0.504 e. The lowest BCUT2D eigenvalue weighted by Gasteiger charge is -1.97. The van der Waals surface area contributed by atoms with Crippen LogP contribution in [-0.2, 0) is 0 Å². The molecule has 0 saturated carbocycles. The largest absolute Gasteiger partial charge is 1.00 e. The van der Waals surface area contributed by atoms with Gasteiger partial charge in [-0.3, -0.25) is 4.84 Å². The molecule has 0 saturated heterocycles. The molecule has 0 N–H and O–H groups in total. The van der Waals surface area contributed by atoms with Gasteiger partial charge in [-0.05, 0) is 38.1 Å². The van der Waals surface area contributed by atoms with Crippen molar-refractivity contribution in [3.05, 3.63) is 71.2 Å². The van der Waals surface area contributed by atoms with Crippen LogP contribution in [0.2, 0.25) is 0 Å². The first-order valence-electron chi connectivity index (χ1n) is 7.99. The van der Waals surface area contributed by atoms with Crippen molar-refractivity contribution in [2.45, 2.75) is 13.8 Å². The Hall–Kier alpha value is -2.78. The molecule has 0 spiro atoms. The van der Waals surface area contributed by atoms with E-state index in [1.54, 1.807) is 0 Å². The number of hydrogen-bond acceptors (Lipinski definition) is 6. The summed E-state index contributed by atoms with van der Waals surface area (Å²) in [4.78, 5) is 14.2. The molecule has 2 aromatic heterocycles. The van der Waals surface area contributed by atoms with Crippen LogP contribution in [0.1, 0.15) is 10.6 Å². The van der Waals surface area contributed by atoms with Gasteiger partial charge in [0.15, 0.2) is 10.7 Å². The summed E-state index contributed by atoms with van der Waals surface area (Å²) in [6, 6.07) is 18.9. The third-order valence-electron chi connectivity index (χ3n) is 3.58. The van der Waals surface area contributed by atoms with Crippen molar-refractivity contribution in [1.29, 1.82) is 0 Å². The average Bonchev–Trinajstić information content (AvgIpc) is 3.20. The summed E-state index contributed by atoms with van der Waals surface area (Å²) in [5.41, 5.74) is 0.942. The topological polar surface area (TPSA) is 65.9 Å². The minimum absolute atomic E-state index is 0. The maximum atomic E-state index is 5.82. The highest BCUT2D eigenvalue weighted by Gasteiger charge is 2.27. The number of ether oxygens (including phenoxy) is 1. The van der Waals surface area contributed by atoms with E-state index in [-0.39, 0.29) is 23.0 Å². The smallest absolute Gasteiger partial charge is 0.504 e. The van der Waals surface area contributed by atoms with Crippen LogP contribution in [0.4, 0.5) is 0 Å². The summed E-state index contributed by atoms with van der Waals surface area (Å²) < 4.78 is 5.73. The molecule has 138 valence electrons. The number of nitrogens with zero attached hydrogens (tertiary/aromatic N) is 5. The van der Waals surface area contributed by atoms with Crippen LogP contribution >= 0.6 is 11.3 Å². The zero-order valence-electron chi connectivity index (χ0n) is 14.6. The minimum Gasteiger partial charge on any atom is -1.00 e. The van der Waals surface area contributed by atoms with Crippen molar-refractivity contribution >= 4 is 11.3 Å². The van der Waals surface area contributed by atoms with Crippen molar-refractivity contribution in [2.75, 3.05) is 0 Å². The van der Waals surface area contributed by atoms with E-state index in [0.717, 1.165) is 10.6 Å². The summed E-state index contributed by atoms with van der Waals surface area (Å²) in [6.07, 6.45) is 0. The third kappa shape index (κ3) is 4.32. The number of hydrogen-bond donors (Lipinski definition) is 0. The SMILES string of the molecule is Cc1nc(-n2nc(Oc3ccccc3)n[n+]2Oc2ccccc2)sc1C.[Br-]. The second-order valence-electron chi connectivity index (χ2n) is 5.48. The van der Waals surface area contributed by atoms with Crippen molar-refractivity contribution in [3.8, 4) is 22.6 Å². The molecule has 0 atom stereocenters. The standard InChI is InChI=1S/C18H16N5O2S.BrH/c1-13-14(2)26-18(19-13)22-20-17(24-15-9-5-3-6-10-15)21-23(22)25-16-11-7-4-8-12-16;/h3-12H,1-2H3;1H/q+1;/p-1. The highest BCUT2D eigenvalue weighted by Crippen LogP contribution is 2.21. The Labute approximate surface area is 170 Å². The van der Waals surface area contributed by atoms with Gasteiger partial charge >= 0.3 is 6.01 Å². The Kier molecular flexibility index (Phi) is 5.82. The molecule has 2 aromatic carbocycles. The van der Waals surface area contributed by atoms with Crippen LogP contribution in [0.25, 0.3) is 5.13 Å². The Morgan fingerprint density at radius 3 is 2.15 bits per heavy atom. The van der Waals surface area contributed by atoms with Gasteiger partial charge in [0.1, 0.15) is 10.8 Å². The lowest BCUT2D eigenvalue weighted by atomic mass is 10.3. The Balaban J connectivity index is 0.00000210. The summed E-state index contributed by atoms with van der Waals surface area (Å²) >= 11 is 1.50. The normalized spacial score (nSPS) is 10.3. The van der Waals surface area contributed by atoms with Gasteiger partial charge < -0.3 is 21.7 Å². The van der Waals surface area contributed by atoms with Gasteiger partial charge in [0, 0.05) is 4.88 Å². The molecule has 0 aliphatic carbocycles. The van der Waals surface area contributed by atoms with Gasteiger partial charge in [-0.1, -0.05) is 47.7 Å². The molecule has 7 nitrogen and oxygen atoms in total. The van der Waals surface area contributed by atoms with E-state index in [9.17, 15) is 0 Å². The molecular formula is C18H16BrN5O2S. The lowest BCUT2D eigenvalue weighted by Crippen LogP contribution is -3.00. The second-order valence-corrected chi connectivity index (χ2v) is 6.66. The quantitative estimate of drug-likeness (QED) is 0.412. The van der Waals surface area contributed by atoms with Crippen LogP contribution in [0.5, 0.6) is 17.5 Å². The van der Waals surface area contributed by atoms with Crippen LogP contribution in [0, 0.1) is 13.8 Å². The molecule has 0 fully saturated rings. The van der Waals surface area contributed by atoms with E-state index < -0.39 is 0 Å². The van der Waals surface area contributed by atoms with E-state index in [1.165, 1.54) is 21.1 Å².